The SMILES string of the molecule is O=[N+]([O-])c1ccccc1/C=C/c1ccccc1. The van der Waals surface area contributed by atoms with Crippen molar-refractivity contribution in [2.24, 2.45) is 0 Å². The molecule has 0 aromatic heterocycles. The van der Waals surface area contributed by atoms with Crippen molar-refractivity contribution in [2.75, 3.05) is 0 Å². The summed E-state index contributed by atoms with van der Waals surface area (Å²) in [7, 11) is 0. The molecule has 3 heteroatoms. The van der Waals surface area contributed by atoms with Crippen molar-refractivity contribution >= 4 is 17.8 Å². The zero-order valence-corrected chi connectivity index (χ0v) is 9.11. The molecule has 0 aliphatic rings. The Balaban J connectivity index is 2.30. The molecule has 0 amide bonds. The summed E-state index contributed by atoms with van der Waals surface area (Å²) in [6.45, 7) is 0. The average molecular weight is 225 g/mol. The summed E-state index contributed by atoms with van der Waals surface area (Å²) in [5.41, 5.74) is 1.76. The van der Waals surface area contributed by atoms with E-state index in [1.54, 1.807) is 24.3 Å². The Kier molecular flexibility index (Phi) is 3.31. The zero-order chi connectivity index (χ0) is 12.1. The van der Waals surface area contributed by atoms with Gasteiger partial charge in [-0.1, -0.05) is 48.5 Å². The first kappa shape index (κ1) is 11.1. The minimum Gasteiger partial charge on any atom is -0.258 e. The van der Waals surface area contributed by atoms with Crippen LogP contribution in [0.15, 0.2) is 54.6 Å². The molecule has 2 aromatic rings. The maximum atomic E-state index is 10.8. The Labute approximate surface area is 99.2 Å². The number of nitro groups is 1. The van der Waals surface area contributed by atoms with Crippen LogP contribution in [0, 0.1) is 10.1 Å². The highest BCUT2D eigenvalue weighted by Crippen LogP contribution is 2.20. The van der Waals surface area contributed by atoms with E-state index in [1.807, 2.05) is 36.4 Å². The van der Waals surface area contributed by atoms with E-state index in [0.717, 1.165) is 5.56 Å². The number of nitrogens with zero attached hydrogens (tertiary/aromatic N) is 1. The maximum Gasteiger partial charge on any atom is 0.276 e. The van der Waals surface area contributed by atoms with Crippen LogP contribution in [0.25, 0.3) is 12.2 Å². The van der Waals surface area contributed by atoms with Crippen molar-refractivity contribution in [1.82, 2.24) is 0 Å². The van der Waals surface area contributed by atoms with Gasteiger partial charge in [0.2, 0.25) is 0 Å². The molecule has 0 N–H and O–H groups in total. The van der Waals surface area contributed by atoms with E-state index >= 15 is 0 Å². The fourth-order valence-corrected chi connectivity index (χ4v) is 1.54. The van der Waals surface area contributed by atoms with Gasteiger partial charge in [-0.15, -0.1) is 0 Å². The molecule has 0 saturated carbocycles. The molecule has 0 atom stereocenters. The molecule has 2 rings (SSSR count). The first-order chi connectivity index (χ1) is 8.27. The summed E-state index contributed by atoms with van der Waals surface area (Å²) in [5.74, 6) is 0. The van der Waals surface area contributed by atoms with Crippen LogP contribution in [0.3, 0.4) is 0 Å². The molecule has 0 heterocycles. The summed E-state index contributed by atoms with van der Waals surface area (Å²) in [6.07, 6.45) is 3.62. The summed E-state index contributed by atoms with van der Waals surface area (Å²) in [5, 5.41) is 10.8. The van der Waals surface area contributed by atoms with Crippen molar-refractivity contribution < 1.29 is 4.92 Å². The number of para-hydroxylation sites is 1. The second-order valence-corrected chi connectivity index (χ2v) is 3.56. The van der Waals surface area contributed by atoms with Crippen LogP contribution in [0.2, 0.25) is 0 Å². The van der Waals surface area contributed by atoms with E-state index < -0.39 is 0 Å². The van der Waals surface area contributed by atoms with Gasteiger partial charge in [-0.25, -0.2) is 0 Å². The van der Waals surface area contributed by atoms with Gasteiger partial charge in [0.25, 0.3) is 5.69 Å². The van der Waals surface area contributed by atoms with Crippen molar-refractivity contribution in [2.45, 2.75) is 0 Å². The van der Waals surface area contributed by atoms with E-state index in [2.05, 4.69) is 0 Å². The van der Waals surface area contributed by atoms with Gasteiger partial charge >= 0.3 is 0 Å². The Hall–Kier alpha value is -2.42. The maximum absolute atomic E-state index is 10.8. The summed E-state index contributed by atoms with van der Waals surface area (Å²) in [6, 6.07) is 16.4. The molecule has 0 fully saturated rings. The van der Waals surface area contributed by atoms with E-state index in [1.165, 1.54) is 6.07 Å². The lowest BCUT2D eigenvalue weighted by Gasteiger charge is -1.96. The highest BCUT2D eigenvalue weighted by molar-refractivity contribution is 5.73. The lowest BCUT2D eigenvalue weighted by atomic mass is 10.1. The first-order valence-electron chi connectivity index (χ1n) is 5.24. The average Bonchev–Trinajstić information content (AvgIpc) is 2.38. The summed E-state index contributed by atoms with van der Waals surface area (Å²) >= 11 is 0. The molecule has 0 bridgehead atoms. The molecule has 17 heavy (non-hydrogen) atoms. The molecule has 0 spiro atoms. The van der Waals surface area contributed by atoms with Gasteiger partial charge in [-0.05, 0) is 17.7 Å². The lowest BCUT2D eigenvalue weighted by molar-refractivity contribution is -0.385. The molecule has 3 nitrogen and oxygen atoms in total. The number of benzene rings is 2. The van der Waals surface area contributed by atoms with Crippen LogP contribution in [0.1, 0.15) is 11.1 Å². The van der Waals surface area contributed by atoms with Crippen LogP contribution in [0.5, 0.6) is 0 Å². The van der Waals surface area contributed by atoms with Crippen LogP contribution in [-0.2, 0) is 0 Å². The number of hydrogen-bond donors (Lipinski definition) is 0. The molecule has 2 aromatic carbocycles. The fourth-order valence-electron chi connectivity index (χ4n) is 1.54. The first-order valence-corrected chi connectivity index (χ1v) is 5.24. The molecule has 0 aliphatic heterocycles. The molecule has 0 unspecified atom stereocenters. The third-order valence-electron chi connectivity index (χ3n) is 2.39. The minimum atomic E-state index is -0.370. The standard InChI is InChI=1S/C14H11NO2/c16-15(17)14-9-5-4-8-13(14)11-10-12-6-2-1-3-7-12/h1-11H/b11-10+. The normalized spacial score (nSPS) is 10.6. The van der Waals surface area contributed by atoms with E-state index in [9.17, 15) is 10.1 Å². The number of rotatable bonds is 3. The second-order valence-electron chi connectivity index (χ2n) is 3.56. The second kappa shape index (κ2) is 5.07. The fraction of sp³-hybridized carbons (Fsp3) is 0. The van der Waals surface area contributed by atoms with Gasteiger partial charge in [0.05, 0.1) is 10.5 Å². The largest absolute Gasteiger partial charge is 0.276 e. The molecular formula is C14H11NO2. The lowest BCUT2D eigenvalue weighted by Crippen LogP contribution is -1.90. The predicted octanol–water partition coefficient (Wildman–Crippen LogP) is 3.77. The predicted molar refractivity (Wildman–Crippen MR) is 68.5 cm³/mol. The van der Waals surface area contributed by atoms with Crippen LogP contribution < -0.4 is 0 Å². The highest BCUT2D eigenvalue weighted by Gasteiger charge is 2.08. The Bertz CT molecular complexity index is 547. The topological polar surface area (TPSA) is 43.1 Å². The third kappa shape index (κ3) is 2.78. The Morgan fingerprint density at radius 3 is 2.24 bits per heavy atom. The van der Waals surface area contributed by atoms with Gasteiger partial charge in [-0.3, -0.25) is 10.1 Å². The monoisotopic (exact) mass is 225 g/mol. The van der Waals surface area contributed by atoms with Gasteiger partial charge in [0.1, 0.15) is 0 Å². The van der Waals surface area contributed by atoms with Crippen LogP contribution in [0.4, 0.5) is 5.69 Å². The summed E-state index contributed by atoms with van der Waals surface area (Å²) in [4.78, 5) is 10.4. The van der Waals surface area contributed by atoms with Crippen molar-refractivity contribution in [3.63, 3.8) is 0 Å². The van der Waals surface area contributed by atoms with E-state index in [4.69, 9.17) is 0 Å². The Morgan fingerprint density at radius 1 is 0.882 bits per heavy atom. The van der Waals surface area contributed by atoms with Crippen LogP contribution >= 0.6 is 0 Å². The van der Waals surface area contributed by atoms with Crippen LogP contribution in [-0.4, -0.2) is 4.92 Å². The van der Waals surface area contributed by atoms with Gasteiger partial charge < -0.3 is 0 Å². The van der Waals surface area contributed by atoms with Gasteiger partial charge in [0.15, 0.2) is 0 Å². The van der Waals surface area contributed by atoms with E-state index in [-0.39, 0.29) is 10.6 Å². The van der Waals surface area contributed by atoms with Gasteiger partial charge in [-0.2, -0.15) is 0 Å². The molecule has 0 radical (unpaired) electrons. The van der Waals surface area contributed by atoms with Crippen molar-refractivity contribution in [3.05, 3.63) is 75.8 Å². The molecular weight excluding hydrogens is 214 g/mol. The zero-order valence-electron chi connectivity index (χ0n) is 9.11. The quantitative estimate of drug-likeness (QED) is 0.453. The van der Waals surface area contributed by atoms with Crippen molar-refractivity contribution in [3.8, 4) is 0 Å². The third-order valence-corrected chi connectivity index (χ3v) is 2.39. The Morgan fingerprint density at radius 2 is 1.53 bits per heavy atom. The number of hydrogen-bond acceptors (Lipinski definition) is 2. The summed E-state index contributed by atoms with van der Waals surface area (Å²) < 4.78 is 0. The van der Waals surface area contributed by atoms with Gasteiger partial charge in [0, 0.05) is 6.07 Å². The van der Waals surface area contributed by atoms with E-state index in [0.29, 0.717) is 5.56 Å². The molecule has 84 valence electrons. The number of nitro benzene ring substituents is 1. The molecule has 0 aliphatic carbocycles. The molecule has 0 saturated heterocycles. The highest BCUT2D eigenvalue weighted by atomic mass is 16.6. The minimum absolute atomic E-state index is 0.125. The van der Waals surface area contributed by atoms with Crippen molar-refractivity contribution in [1.29, 1.82) is 0 Å². The smallest absolute Gasteiger partial charge is 0.258 e.